The van der Waals surface area contributed by atoms with Gasteiger partial charge in [-0.15, -0.1) is 21.5 Å². The monoisotopic (exact) mass is 493 g/mol. The Morgan fingerprint density at radius 3 is 2.78 bits per heavy atom. The summed E-state index contributed by atoms with van der Waals surface area (Å²) in [6.07, 6.45) is 3.80. The quantitative estimate of drug-likeness (QED) is 0.394. The van der Waals surface area contributed by atoms with Gasteiger partial charge in [-0.1, -0.05) is 30.4 Å². The SMILES string of the molecule is CC[C@]1(C)Cc2c(sc3nc(SC)n4c(S[C@H](C)C(=O)N5CCOCC5)nnc4c23)CO1. The van der Waals surface area contributed by atoms with E-state index in [2.05, 4.69) is 24.0 Å². The van der Waals surface area contributed by atoms with E-state index >= 15 is 0 Å². The van der Waals surface area contributed by atoms with Crippen molar-refractivity contribution >= 4 is 56.6 Å². The second kappa shape index (κ2) is 8.75. The molecule has 5 rings (SSSR count). The Morgan fingerprint density at radius 1 is 1.28 bits per heavy atom. The van der Waals surface area contributed by atoms with E-state index in [1.165, 1.54) is 22.2 Å². The number of ether oxygens (including phenoxy) is 2. The molecule has 172 valence electrons. The van der Waals surface area contributed by atoms with E-state index in [9.17, 15) is 4.79 Å². The van der Waals surface area contributed by atoms with Crippen LogP contribution in [0.15, 0.2) is 10.3 Å². The predicted molar refractivity (Wildman–Crippen MR) is 128 cm³/mol. The smallest absolute Gasteiger partial charge is 0.236 e. The van der Waals surface area contributed by atoms with Crippen LogP contribution in [0.3, 0.4) is 0 Å². The average molecular weight is 494 g/mol. The number of hydrogen-bond donors (Lipinski definition) is 0. The summed E-state index contributed by atoms with van der Waals surface area (Å²) in [5.74, 6) is 0.110. The number of thiophene rings is 1. The summed E-state index contributed by atoms with van der Waals surface area (Å²) in [5.41, 5.74) is 1.94. The molecule has 0 saturated carbocycles. The van der Waals surface area contributed by atoms with E-state index < -0.39 is 0 Å². The van der Waals surface area contributed by atoms with Crippen molar-refractivity contribution in [1.82, 2.24) is 24.5 Å². The summed E-state index contributed by atoms with van der Waals surface area (Å²) in [4.78, 5) is 22.0. The zero-order valence-electron chi connectivity index (χ0n) is 18.7. The van der Waals surface area contributed by atoms with Gasteiger partial charge in [0.05, 0.1) is 36.1 Å². The van der Waals surface area contributed by atoms with Crippen molar-refractivity contribution in [3.8, 4) is 0 Å². The number of carbonyl (C=O) groups is 1. The Hall–Kier alpha value is -1.40. The van der Waals surface area contributed by atoms with Gasteiger partial charge in [0.1, 0.15) is 4.83 Å². The normalized spacial score (nSPS) is 22.4. The van der Waals surface area contributed by atoms with Crippen molar-refractivity contribution in [2.45, 2.75) is 61.4 Å². The minimum atomic E-state index is -0.265. The molecule has 0 aromatic carbocycles. The first-order valence-electron chi connectivity index (χ1n) is 10.8. The van der Waals surface area contributed by atoms with Crippen LogP contribution in [0.5, 0.6) is 0 Å². The highest BCUT2D eigenvalue weighted by molar-refractivity contribution is 8.00. The van der Waals surface area contributed by atoms with E-state index in [1.807, 2.05) is 22.5 Å². The third kappa shape index (κ3) is 3.81. The van der Waals surface area contributed by atoms with Crippen molar-refractivity contribution < 1.29 is 14.3 Å². The number of carbonyl (C=O) groups excluding carboxylic acids is 1. The van der Waals surface area contributed by atoms with Crippen molar-refractivity contribution in [2.24, 2.45) is 0 Å². The number of hydrogen-bond acceptors (Lipinski definition) is 9. The first-order valence-corrected chi connectivity index (χ1v) is 13.8. The standard InChI is InChI=1S/C21H27N5O3S3/c1-5-21(3)10-13-14(11-29-21)32-17-15(13)16-23-24-20(26(16)19(22-17)30-4)31-12(2)18(27)25-6-8-28-9-7-25/h12H,5-11H2,1-4H3/t12-,21-/m1/s1. The molecule has 1 amide bonds. The first-order chi connectivity index (χ1) is 15.4. The molecule has 8 nitrogen and oxygen atoms in total. The fourth-order valence-electron chi connectivity index (χ4n) is 4.21. The van der Waals surface area contributed by atoms with E-state index in [0.717, 1.165) is 33.9 Å². The minimum Gasteiger partial charge on any atom is -0.378 e. The van der Waals surface area contributed by atoms with E-state index in [-0.39, 0.29) is 16.8 Å². The number of nitrogens with zero attached hydrogens (tertiary/aromatic N) is 5. The van der Waals surface area contributed by atoms with Gasteiger partial charge in [-0.05, 0) is 32.1 Å². The highest BCUT2D eigenvalue weighted by Gasteiger charge is 2.34. The topological polar surface area (TPSA) is 81.9 Å². The molecule has 0 aliphatic carbocycles. The summed E-state index contributed by atoms with van der Waals surface area (Å²) < 4.78 is 13.6. The molecule has 0 radical (unpaired) electrons. The molecular formula is C21H27N5O3S3. The van der Waals surface area contributed by atoms with E-state index in [0.29, 0.717) is 38.1 Å². The Bertz CT molecular complexity index is 1170. The van der Waals surface area contributed by atoms with Gasteiger partial charge in [0.15, 0.2) is 16.0 Å². The number of aromatic nitrogens is 4. The minimum absolute atomic E-state index is 0.110. The first kappa shape index (κ1) is 22.4. The molecule has 11 heteroatoms. The summed E-state index contributed by atoms with van der Waals surface area (Å²) in [5, 5.41) is 11.5. The zero-order valence-corrected chi connectivity index (χ0v) is 21.2. The Labute approximate surface area is 199 Å². The van der Waals surface area contributed by atoms with Gasteiger partial charge in [-0.2, -0.15) is 0 Å². The van der Waals surface area contributed by atoms with Crippen molar-refractivity contribution in [3.05, 3.63) is 10.4 Å². The number of rotatable bonds is 5. The van der Waals surface area contributed by atoms with Gasteiger partial charge >= 0.3 is 0 Å². The summed E-state index contributed by atoms with van der Waals surface area (Å²) in [6, 6.07) is 0. The molecular weight excluding hydrogens is 466 g/mol. The van der Waals surface area contributed by atoms with Crippen LogP contribution in [0.4, 0.5) is 0 Å². The summed E-state index contributed by atoms with van der Waals surface area (Å²) >= 11 is 4.71. The average Bonchev–Trinajstić information content (AvgIpc) is 3.39. The lowest BCUT2D eigenvalue weighted by molar-refractivity contribution is -0.134. The molecule has 2 aliphatic heterocycles. The van der Waals surface area contributed by atoms with Gasteiger partial charge in [-0.3, -0.25) is 4.79 Å². The summed E-state index contributed by atoms with van der Waals surface area (Å²) in [7, 11) is 0. The van der Waals surface area contributed by atoms with Crippen LogP contribution in [0.25, 0.3) is 15.9 Å². The van der Waals surface area contributed by atoms with Crippen LogP contribution in [-0.2, 0) is 27.3 Å². The molecule has 32 heavy (non-hydrogen) atoms. The molecule has 1 fully saturated rings. The third-order valence-electron chi connectivity index (χ3n) is 6.30. The zero-order chi connectivity index (χ0) is 22.5. The molecule has 0 bridgehead atoms. The van der Waals surface area contributed by atoms with E-state index in [1.54, 1.807) is 23.1 Å². The highest BCUT2D eigenvalue weighted by Crippen LogP contribution is 2.42. The second-order valence-corrected chi connectivity index (χ2v) is 11.6. The maximum atomic E-state index is 12.9. The molecule has 0 N–H and O–H groups in total. The lowest BCUT2D eigenvalue weighted by Crippen LogP contribution is -2.44. The van der Waals surface area contributed by atoms with Crippen LogP contribution in [-0.4, -0.2) is 73.8 Å². The third-order valence-corrected chi connectivity index (χ3v) is 9.07. The van der Waals surface area contributed by atoms with Crippen LogP contribution in [0.1, 0.15) is 37.6 Å². The number of morpholine rings is 1. The van der Waals surface area contributed by atoms with Crippen molar-refractivity contribution in [3.63, 3.8) is 0 Å². The van der Waals surface area contributed by atoms with Gasteiger partial charge in [0.2, 0.25) is 5.91 Å². The summed E-state index contributed by atoms with van der Waals surface area (Å²) in [6.45, 7) is 9.36. The van der Waals surface area contributed by atoms with Crippen LogP contribution >= 0.6 is 34.9 Å². The largest absolute Gasteiger partial charge is 0.378 e. The molecule has 0 spiro atoms. The Kier molecular flexibility index (Phi) is 6.12. The fraction of sp³-hybridized carbons (Fsp3) is 0.619. The molecule has 2 aliphatic rings. The molecule has 3 aromatic heterocycles. The molecule has 5 heterocycles. The lowest BCUT2D eigenvalue weighted by atomic mass is 9.90. The number of amides is 1. The number of fused-ring (bicyclic) bond motifs is 5. The number of thioether (sulfide) groups is 2. The fourth-order valence-corrected chi connectivity index (χ4v) is 6.89. The van der Waals surface area contributed by atoms with Crippen molar-refractivity contribution in [2.75, 3.05) is 32.6 Å². The maximum absolute atomic E-state index is 12.9. The van der Waals surface area contributed by atoms with Crippen LogP contribution < -0.4 is 0 Å². The van der Waals surface area contributed by atoms with Crippen LogP contribution in [0, 0.1) is 0 Å². The maximum Gasteiger partial charge on any atom is 0.236 e. The molecule has 0 unspecified atom stereocenters. The predicted octanol–water partition coefficient (Wildman–Crippen LogP) is 3.64. The van der Waals surface area contributed by atoms with Crippen molar-refractivity contribution in [1.29, 1.82) is 0 Å². The Morgan fingerprint density at radius 2 is 2.06 bits per heavy atom. The molecule has 3 aromatic rings. The Balaban J connectivity index is 1.55. The van der Waals surface area contributed by atoms with Crippen LogP contribution in [0.2, 0.25) is 0 Å². The molecule has 2 atom stereocenters. The second-order valence-electron chi connectivity index (χ2n) is 8.39. The highest BCUT2D eigenvalue weighted by atomic mass is 32.2. The van der Waals surface area contributed by atoms with E-state index in [4.69, 9.17) is 14.5 Å². The van der Waals surface area contributed by atoms with Gasteiger partial charge in [0, 0.05) is 24.4 Å². The van der Waals surface area contributed by atoms with Gasteiger partial charge in [0.25, 0.3) is 0 Å². The lowest BCUT2D eigenvalue weighted by Gasteiger charge is -2.33. The molecule has 1 saturated heterocycles. The van der Waals surface area contributed by atoms with Gasteiger partial charge < -0.3 is 14.4 Å². The van der Waals surface area contributed by atoms with Gasteiger partial charge in [-0.25, -0.2) is 9.38 Å².